The van der Waals surface area contributed by atoms with E-state index in [1.54, 1.807) is 24.3 Å². The molecule has 2 heterocycles. The molecule has 3 aromatic rings. The number of hydrogen-bond donors (Lipinski definition) is 0. The predicted octanol–water partition coefficient (Wildman–Crippen LogP) is 3.46. The highest BCUT2D eigenvalue weighted by atomic mass is 16.5. The molecule has 0 saturated heterocycles. The Morgan fingerprint density at radius 2 is 2.04 bits per heavy atom. The zero-order chi connectivity index (χ0) is 18.1. The minimum Gasteiger partial charge on any atom is -0.484 e. The van der Waals surface area contributed by atoms with Crippen molar-refractivity contribution >= 4 is 22.6 Å². The lowest BCUT2D eigenvalue weighted by molar-refractivity contribution is -0.120. The molecule has 1 amide bonds. The molecule has 0 N–H and O–H groups in total. The van der Waals surface area contributed by atoms with E-state index in [1.807, 2.05) is 24.0 Å². The van der Waals surface area contributed by atoms with E-state index in [9.17, 15) is 9.59 Å². The summed E-state index contributed by atoms with van der Waals surface area (Å²) in [5, 5.41) is 0.809. The minimum absolute atomic E-state index is 0.0592. The van der Waals surface area contributed by atoms with Crippen LogP contribution >= 0.6 is 0 Å². The van der Waals surface area contributed by atoms with E-state index in [0.717, 1.165) is 29.5 Å². The van der Waals surface area contributed by atoms with Gasteiger partial charge in [0, 0.05) is 29.8 Å². The van der Waals surface area contributed by atoms with Gasteiger partial charge in [-0.05, 0) is 49.1 Å². The molecule has 0 unspecified atom stereocenters. The van der Waals surface area contributed by atoms with E-state index in [1.165, 1.54) is 11.6 Å². The van der Waals surface area contributed by atoms with Crippen LogP contribution in [0.4, 0.5) is 5.69 Å². The Kier molecular flexibility index (Phi) is 4.21. The fraction of sp³-hybridized carbons (Fsp3) is 0.238. The number of rotatable bonds is 3. The molecule has 0 spiro atoms. The minimum atomic E-state index is -0.411. The highest BCUT2D eigenvalue weighted by Crippen LogP contribution is 2.30. The highest BCUT2D eigenvalue weighted by molar-refractivity contribution is 5.96. The summed E-state index contributed by atoms with van der Waals surface area (Å²) in [6.45, 7) is 2.67. The summed E-state index contributed by atoms with van der Waals surface area (Å²) in [6.07, 6.45) is 1.94. The quantitative estimate of drug-likeness (QED) is 0.680. The van der Waals surface area contributed by atoms with Crippen LogP contribution in [0.15, 0.2) is 57.7 Å². The maximum atomic E-state index is 12.7. The first-order chi connectivity index (χ1) is 12.6. The number of amides is 1. The zero-order valence-electron chi connectivity index (χ0n) is 14.5. The summed E-state index contributed by atoms with van der Waals surface area (Å²) in [5.74, 6) is 0.428. The van der Waals surface area contributed by atoms with Crippen molar-refractivity contribution in [3.8, 4) is 5.75 Å². The number of carbonyl (C=O) groups is 1. The van der Waals surface area contributed by atoms with Crippen LogP contribution in [-0.2, 0) is 11.2 Å². The summed E-state index contributed by atoms with van der Waals surface area (Å²) in [7, 11) is 0. The fourth-order valence-corrected chi connectivity index (χ4v) is 3.45. The Hall–Kier alpha value is -3.08. The van der Waals surface area contributed by atoms with E-state index in [-0.39, 0.29) is 12.5 Å². The molecule has 5 heteroatoms. The number of ether oxygens (including phenoxy) is 1. The molecule has 2 aromatic carbocycles. The molecule has 1 aliphatic heterocycles. The first-order valence-electron chi connectivity index (χ1n) is 8.67. The highest BCUT2D eigenvalue weighted by Gasteiger charge is 2.24. The lowest BCUT2D eigenvalue weighted by Gasteiger charge is -2.31. The van der Waals surface area contributed by atoms with E-state index in [4.69, 9.17) is 9.15 Å². The molecule has 26 heavy (non-hydrogen) atoms. The van der Waals surface area contributed by atoms with Crippen molar-refractivity contribution in [1.82, 2.24) is 0 Å². The number of carbonyl (C=O) groups excluding carboxylic acids is 1. The second-order valence-corrected chi connectivity index (χ2v) is 6.47. The number of fused-ring (bicyclic) bond motifs is 2. The van der Waals surface area contributed by atoms with Gasteiger partial charge >= 0.3 is 5.63 Å². The largest absolute Gasteiger partial charge is 0.484 e. The van der Waals surface area contributed by atoms with Gasteiger partial charge in [0.25, 0.3) is 5.91 Å². The summed E-state index contributed by atoms with van der Waals surface area (Å²) < 4.78 is 10.8. The zero-order valence-corrected chi connectivity index (χ0v) is 14.5. The third-order valence-corrected chi connectivity index (χ3v) is 4.68. The van der Waals surface area contributed by atoms with E-state index in [2.05, 4.69) is 6.07 Å². The van der Waals surface area contributed by atoms with Crippen molar-refractivity contribution in [3.63, 3.8) is 0 Å². The number of para-hydroxylation sites is 1. The Balaban J connectivity index is 1.52. The van der Waals surface area contributed by atoms with Gasteiger partial charge in [-0.25, -0.2) is 4.79 Å². The molecule has 4 rings (SSSR count). The Labute approximate surface area is 150 Å². The Morgan fingerprint density at radius 1 is 1.19 bits per heavy atom. The smallest absolute Gasteiger partial charge is 0.336 e. The van der Waals surface area contributed by atoms with Crippen LogP contribution in [0.25, 0.3) is 11.0 Å². The molecule has 1 aromatic heterocycles. The van der Waals surface area contributed by atoms with Crippen LogP contribution in [0.1, 0.15) is 17.5 Å². The van der Waals surface area contributed by atoms with Gasteiger partial charge in [0.05, 0.1) is 0 Å². The monoisotopic (exact) mass is 349 g/mol. The average molecular weight is 349 g/mol. The first-order valence-corrected chi connectivity index (χ1v) is 8.67. The van der Waals surface area contributed by atoms with Crippen LogP contribution in [0, 0.1) is 6.92 Å². The third-order valence-electron chi connectivity index (χ3n) is 4.68. The Bertz CT molecular complexity index is 1040. The van der Waals surface area contributed by atoms with Gasteiger partial charge in [-0.3, -0.25) is 4.79 Å². The van der Waals surface area contributed by atoms with Gasteiger partial charge in [0.2, 0.25) is 0 Å². The second kappa shape index (κ2) is 6.67. The topological polar surface area (TPSA) is 59.8 Å². The Morgan fingerprint density at radius 3 is 2.92 bits per heavy atom. The number of nitrogens with zero attached hydrogens (tertiary/aromatic N) is 1. The van der Waals surface area contributed by atoms with Gasteiger partial charge in [-0.15, -0.1) is 0 Å². The van der Waals surface area contributed by atoms with Gasteiger partial charge in [-0.2, -0.15) is 0 Å². The van der Waals surface area contributed by atoms with Gasteiger partial charge in [0.1, 0.15) is 11.3 Å². The molecular weight excluding hydrogens is 330 g/mol. The summed E-state index contributed by atoms with van der Waals surface area (Å²) in [4.78, 5) is 25.9. The number of aryl methyl sites for hydroxylation is 2. The number of hydrogen-bond acceptors (Lipinski definition) is 4. The molecule has 0 saturated carbocycles. The maximum absolute atomic E-state index is 12.7. The van der Waals surface area contributed by atoms with Crippen molar-refractivity contribution in [2.45, 2.75) is 19.8 Å². The van der Waals surface area contributed by atoms with E-state index >= 15 is 0 Å². The molecule has 5 nitrogen and oxygen atoms in total. The fourth-order valence-electron chi connectivity index (χ4n) is 3.45. The molecular formula is C21H19NO4. The molecule has 132 valence electrons. The van der Waals surface area contributed by atoms with Crippen molar-refractivity contribution in [2.24, 2.45) is 0 Å². The van der Waals surface area contributed by atoms with Gasteiger partial charge in [0.15, 0.2) is 6.61 Å². The summed E-state index contributed by atoms with van der Waals surface area (Å²) >= 11 is 0. The van der Waals surface area contributed by atoms with Crippen LogP contribution in [0.5, 0.6) is 5.75 Å². The first kappa shape index (κ1) is 16.4. The van der Waals surface area contributed by atoms with Crippen LogP contribution < -0.4 is 15.3 Å². The van der Waals surface area contributed by atoms with Crippen molar-refractivity contribution in [1.29, 1.82) is 0 Å². The number of anilines is 1. The summed E-state index contributed by atoms with van der Waals surface area (Å²) in [5.41, 5.74) is 3.35. The molecule has 0 bridgehead atoms. The van der Waals surface area contributed by atoms with Gasteiger partial charge in [-0.1, -0.05) is 18.2 Å². The van der Waals surface area contributed by atoms with E-state index in [0.29, 0.717) is 17.9 Å². The predicted molar refractivity (Wildman–Crippen MR) is 99.8 cm³/mol. The average Bonchev–Trinajstić information content (AvgIpc) is 2.65. The lowest BCUT2D eigenvalue weighted by Crippen LogP contribution is -2.39. The maximum Gasteiger partial charge on any atom is 0.336 e. The molecule has 0 fully saturated rings. The molecule has 1 aliphatic rings. The van der Waals surface area contributed by atoms with Crippen molar-refractivity contribution in [2.75, 3.05) is 18.1 Å². The van der Waals surface area contributed by atoms with E-state index < -0.39 is 5.63 Å². The van der Waals surface area contributed by atoms with Crippen molar-refractivity contribution < 1.29 is 13.9 Å². The third kappa shape index (κ3) is 3.08. The normalized spacial score (nSPS) is 13.5. The van der Waals surface area contributed by atoms with Crippen LogP contribution in [0.3, 0.4) is 0 Å². The molecule has 0 radical (unpaired) electrons. The standard InChI is InChI=1S/C21H19NO4/c1-14-4-2-5-16-6-3-11-22(21(14)16)19(23)13-25-17-9-7-15-8-10-20(24)26-18(15)12-17/h2,4-5,7-10,12H,3,6,11,13H2,1H3. The lowest BCUT2D eigenvalue weighted by atomic mass is 9.98. The molecule has 0 atom stereocenters. The summed E-state index contributed by atoms with van der Waals surface area (Å²) in [6, 6.07) is 14.4. The molecule has 0 aliphatic carbocycles. The van der Waals surface area contributed by atoms with Crippen LogP contribution in [-0.4, -0.2) is 19.1 Å². The van der Waals surface area contributed by atoms with Crippen molar-refractivity contribution in [3.05, 3.63) is 70.1 Å². The van der Waals surface area contributed by atoms with Gasteiger partial charge < -0.3 is 14.1 Å². The number of benzene rings is 2. The second-order valence-electron chi connectivity index (χ2n) is 6.47. The van der Waals surface area contributed by atoms with Crippen LogP contribution in [0.2, 0.25) is 0 Å². The SMILES string of the molecule is Cc1cccc2c1N(C(=O)COc1ccc3ccc(=O)oc3c1)CCC2.